The second kappa shape index (κ2) is 5.49. The first-order chi connectivity index (χ1) is 10.8. The molecule has 3 heterocycles. The lowest BCUT2D eigenvalue weighted by atomic mass is 9.92. The number of fused-ring (bicyclic) bond motifs is 1. The predicted molar refractivity (Wildman–Crippen MR) is 87.2 cm³/mol. The maximum absolute atomic E-state index is 12.9. The third kappa shape index (κ3) is 2.88. The average Bonchev–Trinajstić information content (AvgIpc) is 2.53. The summed E-state index contributed by atoms with van der Waals surface area (Å²) < 4.78 is 32.6. The number of sulfonamides is 1. The summed E-state index contributed by atoms with van der Waals surface area (Å²) in [6.07, 6.45) is 4.50. The zero-order valence-corrected chi connectivity index (χ0v) is 14.2. The van der Waals surface area contributed by atoms with Crippen molar-refractivity contribution in [2.45, 2.75) is 31.1 Å². The smallest absolute Gasteiger partial charge is 0.266 e. The van der Waals surface area contributed by atoms with Crippen LogP contribution >= 0.6 is 0 Å². The van der Waals surface area contributed by atoms with Crippen molar-refractivity contribution in [2.75, 3.05) is 17.5 Å². The van der Waals surface area contributed by atoms with Gasteiger partial charge in [0.1, 0.15) is 22.9 Å². The van der Waals surface area contributed by atoms with Crippen molar-refractivity contribution in [1.82, 2.24) is 9.97 Å². The van der Waals surface area contributed by atoms with Gasteiger partial charge in [0.15, 0.2) is 0 Å². The lowest BCUT2D eigenvalue weighted by Crippen LogP contribution is -2.38. The normalized spacial score (nSPS) is 15.0. The Labute approximate surface area is 136 Å². The first kappa shape index (κ1) is 15.7. The number of hydrogen-bond donors (Lipinski definition) is 0. The van der Waals surface area contributed by atoms with E-state index < -0.39 is 10.0 Å². The summed E-state index contributed by atoms with van der Waals surface area (Å²) in [4.78, 5) is 8.48. The van der Waals surface area contributed by atoms with Gasteiger partial charge in [0, 0.05) is 29.6 Å². The van der Waals surface area contributed by atoms with Gasteiger partial charge in [0.2, 0.25) is 0 Å². The number of hydrogen-bond acceptors (Lipinski definition) is 5. The SMILES string of the molecule is CC(C)(C)c1ccc(S(=O)(=O)N2CCOc3ccncc32)cn1. The molecule has 23 heavy (non-hydrogen) atoms. The fraction of sp³-hybridized carbons (Fsp3) is 0.375. The topological polar surface area (TPSA) is 72.4 Å². The minimum atomic E-state index is -3.69. The zero-order chi connectivity index (χ0) is 16.7. The molecule has 0 aliphatic carbocycles. The molecule has 0 atom stereocenters. The number of pyridine rings is 2. The second-order valence-corrected chi connectivity index (χ2v) is 8.26. The van der Waals surface area contributed by atoms with Crippen molar-refractivity contribution in [3.05, 3.63) is 42.5 Å². The molecule has 0 spiro atoms. The minimum absolute atomic E-state index is 0.127. The molecule has 2 aromatic rings. The van der Waals surface area contributed by atoms with Crippen LogP contribution in [0.4, 0.5) is 5.69 Å². The predicted octanol–water partition coefficient (Wildman–Crippen LogP) is 2.36. The molecule has 0 amide bonds. The Balaban J connectivity index is 2.00. The van der Waals surface area contributed by atoms with E-state index in [4.69, 9.17) is 4.74 Å². The van der Waals surface area contributed by atoms with E-state index in [9.17, 15) is 8.42 Å². The highest BCUT2D eigenvalue weighted by atomic mass is 32.2. The highest BCUT2D eigenvalue weighted by molar-refractivity contribution is 7.92. The first-order valence-corrected chi connectivity index (χ1v) is 8.80. The van der Waals surface area contributed by atoms with Crippen molar-refractivity contribution in [1.29, 1.82) is 0 Å². The van der Waals surface area contributed by atoms with Crippen molar-refractivity contribution in [3.63, 3.8) is 0 Å². The number of rotatable bonds is 2. The molecule has 0 N–H and O–H groups in total. The molecule has 122 valence electrons. The molecule has 3 rings (SSSR count). The Morgan fingerprint density at radius 3 is 2.61 bits per heavy atom. The molecule has 0 unspecified atom stereocenters. The quantitative estimate of drug-likeness (QED) is 0.843. The van der Waals surface area contributed by atoms with Gasteiger partial charge in [0.05, 0.1) is 12.7 Å². The molecule has 6 nitrogen and oxygen atoms in total. The lowest BCUT2D eigenvalue weighted by Gasteiger charge is -2.30. The molecule has 1 aliphatic rings. The van der Waals surface area contributed by atoms with Gasteiger partial charge in [-0.3, -0.25) is 14.3 Å². The van der Waals surface area contributed by atoms with Gasteiger partial charge in [0.25, 0.3) is 10.0 Å². The Morgan fingerprint density at radius 2 is 1.96 bits per heavy atom. The van der Waals surface area contributed by atoms with E-state index in [0.29, 0.717) is 18.0 Å². The van der Waals surface area contributed by atoms with Crippen molar-refractivity contribution < 1.29 is 13.2 Å². The van der Waals surface area contributed by atoms with Gasteiger partial charge in [-0.25, -0.2) is 8.42 Å². The van der Waals surface area contributed by atoms with Crippen LogP contribution in [0.15, 0.2) is 41.7 Å². The van der Waals surface area contributed by atoms with Crippen LogP contribution in [0.1, 0.15) is 26.5 Å². The largest absolute Gasteiger partial charge is 0.489 e. The molecule has 0 aromatic carbocycles. The van der Waals surface area contributed by atoms with E-state index in [2.05, 4.69) is 9.97 Å². The maximum Gasteiger partial charge on any atom is 0.266 e. The van der Waals surface area contributed by atoms with Crippen LogP contribution in [0, 0.1) is 0 Å². The highest BCUT2D eigenvalue weighted by Crippen LogP contribution is 2.34. The van der Waals surface area contributed by atoms with Gasteiger partial charge in [-0.1, -0.05) is 20.8 Å². The van der Waals surface area contributed by atoms with E-state index >= 15 is 0 Å². The van der Waals surface area contributed by atoms with E-state index in [0.717, 1.165) is 5.69 Å². The highest BCUT2D eigenvalue weighted by Gasteiger charge is 2.30. The van der Waals surface area contributed by atoms with Gasteiger partial charge >= 0.3 is 0 Å². The van der Waals surface area contributed by atoms with E-state index in [1.165, 1.54) is 16.7 Å². The Hall–Kier alpha value is -2.15. The van der Waals surface area contributed by atoms with Gasteiger partial charge in [-0.2, -0.15) is 0 Å². The summed E-state index contributed by atoms with van der Waals surface area (Å²) in [5, 5.41) is 0. The van der Waals surface area contributed by atoms with Crippen LogP contribution in [0.5, 0.6) is 5.75 Å². The van der Waals surface area contributed by atoms with E-state index in [1.54, 1.807) is 24.4 Å². The van der Waals surface area contributed by atoms with Crippen molar-refractivity contribution in [2.24, 2.45) is 0 Å². The summed E-state index contributed by atoms with van der Waals surface area (Å²) in [7, 11) is -3.69. The average molecular weight is 333 g/mol. The third-order valence-electron chi connectivity index (χ3n) is 3.67. The molecular weight excluding hydrogens is 314 g/mol. The van der Waals surface area contributed by atoms with Crippen LogP contribution in [-0.2, 0) is 15.4 Å². The fourth-order valence-electron chi connectivity index (χ4n) is 2.40. The second-order valence-electron chi connectivity index (χ2n) is 6.40. The molecule has 0 radical (unpaired) electrons. The lowest BCUT2D eigenvalue weighted by molar-refractivity contribution is 0.315. The molecule has 0 bridgehead atoms. The molecule has 2 aromatic heterocycles. The van der Waals surface area contributed by atoms with Crippen LogP contribution in [0.25, 0.3) is 0 Å². The summed E-state index contributed by atoms with van der Waals surface area (Å²) in [5.41, 5.74) is 1.18. The van der Waals surface area contributed by atoms with E-state index in [1.807, 2.05) is 20.8 Å². The molecular formula is C16H19N3O3S. The maximum atomic E-state index is 12.9. The summed E-state index contributed by atoms with van der Waals surface area (Å²) in [6.45, 7) is 6.67. The number of ether oxygens (including phenoxy) is 1. The number of aromatic nitrogens is 2. The Bertz CT molecular complexity index is 811. The monoisotopic (exact) mass is 333 g/mol. The van der Waals surface area contributed by atoms with Crippen LogP contribution in [0.3, 0.4) is 0 Å². The molecule has 0 saturated heterocycles. The molecule has 1 aliphatic heterocycles. The van der Waals surface area contributed by atoms with Crippen LogP contribution in [0.2, 0.25) is 0 Å². The van der Waals surface area contributed by atoms with Gasteiger partial charge in [-0.05, 0) is 12.1 Å². The Morgan fingerprint density at radius 1 is 1.17 bits per heavy atom. The van der Waals surface area contributed by atoms with Gasteiger partial charge in [-0.15, -0.1) is 0 Å². The van der Waals surface area contributed by atoms with Crippen LogP contribution in [-0.4, -0.2) is 31.5 Å². The van der Waals surface area contributed by atoms with Gasteiger partial charge < -0.3 is 4.74 Å². The fourth-order valence-corrected chi connectivity index (χ4v) is 3.79. The van der Waals surface area contributed by atoms with Crippen LogP contribution < -0.4 is 9.04 Å². The minimum Gasteiger partial charge on any atom is -0.489 e. The molecule has 0 fully saturated rings. The van der Waals surface area contributed by atoms with Crippen molar-refractivity contribution in [3.8, 4) is 5.75 Å². The summed E-state index contributed by atoms with van der Waals surface area (Å²) in [5.74, 6) is 0.522. The van der Waals surface area contributed by atoms with E-state index in [-0.39, 0.29) is 16.9 Å². The standard InChI is InChI=1S/C16H19N3O3S/c1-16(2,3)15-5-4-12(10-18-15)23(20,21)19-8-9-22-14-6-7-17-11-13(14)19/h4-7,10-11H,8-9H2,1-3H3. The summed E-state index contributed by atoms with van der Waals surface area (Å²) >= 11 is 0. The molecule has 0 saturated carbocycles. The number of nitrogens with zero attached hydrogens (tertiary/aromatic N) is 3. The Kier molecular flexibility index (Phi) is 3.75. The zero-order valence-electron chi connectivity index (χ0n) is 13.4. The number of anilines is 1. The first-order valence-electron chi connectivity index (χ1n) is 7.36. The van der Waals surface area contributed by atoms with Crippen molar-refractivity contribution >= 4 is 15.7 Å². The summed E-state index contributed by atoms with van der Waals surface area (Å²) in [6, 6.07) is 5.03. The molecule has 7 heteroatoms. The third-order valence-corrected chi connectivity index (χ3v) is 5.47.